The van der Waals surface area contributed by atoms with E-state index >= 15 is 0 Å². The number of ether oxygens (including phenoxy) is 3. The third-order valence-electron chi connectivity index (χ3n) is 7.91. The molecule has 0 radical (unpaired) electrons. The van der Waals surface area contributed by atoms with Gasteiger partial charge in [-0.1, -0.05) is 12.1 Å². The van der Waals surface area contributed by atoms with Crippen molar-refractivity contribution in [1.29, 1.82) is 0 Å². The first-order chi connectivity index (χ1) is 18.5. The lowest BCUT2D eigenvalue weighted by Gasteiger charge is -2.41. The molecule has 3 aliphatic rings. The number of phenols is 2. The Hall–Kier alpha value is -3.35. The predicted octanol–water partition coefficient (Wildman–Crippen LogP) is 1.29. The minimum absolute atomic E-state index is 0.00308. The molecule has 39 heavy (non-hydrogen) atoms. The van der Waals surface area contributed by atoms with Gasteiger partial charge in [-0.2, -0.15) is 0 Å². The van der Waals surface area contributed by atoms with E-state index in [-0.39, 0.29) is 40.8 Å². The molecule has 0 amide bonds. The van der Waals surface area contributed by atoms with Crippen LogP contribution in [0.5, 0.6) is 17.2 Å². The number of methoxy groups -OCH3 is 1. The molecule has 2 aliphatic carbocycles. The number of Topliss-reactive ketones (excluding diaryl/α,β-unsaturated/α-hetero) is 1. The van der Waals surface area contributed by atoms with E-state index in [1.807, 2.05) is 0 Å². The van der Waals surface area contributed by atoms with Gasteiger partial charge in [-0.05, 0) is 26.5 Å². The number of hydrogen-bond donors (Lipinski definition) is 5. The van der Waals surface area contributed by atoms with Crippen LogP contribution in [0.1, 0.15) is 75.3 Å². The summed E-state index contributed by atoms with van der Waals surface area (Å²) in [5.41, 5.74) is -2.89. The molecule has 5 rings (SSSR count). The number of fused-ring (bicyclic) bond motifs is 3. The highest BCUT2D eigenvalue weighted by Gasteiger charge is 2.49. The molecule has 0 aromatic heterocycles. The second kappa shape index (κ2) is 10.00. The molecule has 11 heteroatoms. The molecule has 2 aromatic rings. The molecule has 5 atom stereocenters. The van der Waals surface area contributed by atoms with Gasteiger partial charge < -0.3 is 40.0 Å². The van der Waals surface area contributed by atoms with E-state index in [1.54, 1.807) is 7.05 Å². The number of hydrogen-bond acceptors (Lipinski definition) is 11. The normalized spacial score (nSPS) is 27.9. The summed E-state index contributed by atoms with van der Waals surface area (Å²) < 4.78 is 17.4. The number of phenolic OH excluding ortho intramolecular Hbond substituents is 2. The summed E-state index contributed by atoms with van der Waals surface area (Å²) in [6, 6.07) is 4.47. The number of benzene rings is 2. The average Bonchev–Trinajstić information content (AvgIpc) is 2.90. The first-order valence-corrected chi connectivity index (χ1v) is 12.8. The van der Waals surface area contributed by atoms with E-state index in [0.717, 1.165) is 0 Å². The molecule has 1 saturated heterocycles. The van der Waals surface area contributed by atoms with Gasteiger partial charge in [-0.15, -0.1) is 0 Å². The zero-order valence-corrected chi connectivity index (χ0v) is 21.8. The van der Waals surface area contributed by atoms with Crippen LogP contribution < -0.4 is 10.1 Å². The van der Waals surface area contributed by atoms with Crippen molar-refractivity contribution in [2.45, 2.75) is 62.8 Å². The molecule has 0 saturated carbocycles. The fourth-order valence-corrected chi connectivity index (χ4v) is 5.82. The Morgan fingerprint density at radius 1 is 1.13 bits per heavy atom. The predicted molar refractivity (Wildman–Crippen MR) is 135 cm³/mol. The number of aliphatic hydroxyl groups is 2. The highest BCUT2D eigenvalue weighted by atomic mass is 16.7. The molecule has 2 aromatic carbocycles. The van der Waals surface area contributed by atoms with Crippen LogP contribution in [-0.4, -0.2) is 82.6 Å². The van der Waals surface area contributed by atoms with Crippen LogP contribution in [0.25, 0.3) is 0 Å². The van der Waals surface area contributed by atoms with Crippen LogP contribution in [0.4, 0.5) is 0 Å². The van der Waals surface area contributed by atoms with Crippen molar-refractivity contribution < 1.29 is 49.0 Å². The zero-order valence-electron chi connectivity index (χ0n) is 21.8. The minimum Gasteiger partial charge on any atom is -0.507 e. The first-order valence-electron chi connectivity index (χ1n) is 12.8. The number of carbonyl (C=O) groups is 3. The van der Waals surface area contributed by atoms with Gasteiger partial charge in [0.05, 0.1) is 42.1 Å². The summed E-state index contributed by atoms with van der Waals surface area (Å²) in [5.74, 6) is -3.06. The molecule has 0 bridgehead atoms. The second-order valence-electron chi connectivity index (χ2n) is 10.3. The lowest BCUT2D eigenvalue weighted by Crippen LogP contribution is -2.48. The van der Waals surface area contributed by atoms with E-state index in [9.17, 15) is 34.8 Å². The molecule has 11 nitrogen and oxygen atoms in total. The monoisotopic (exact) mass is 541 g/mol. The molecular weight excluding hydrogens is 510 g/mol. The molecular formula is C28H31NO10. The zero-order chi connectivity index (χ0) is 28.2. The smallest absolute Gasteiger partial charge is 0.202 e. The first kappa shape index (κ1) is 27.2. The van der Waals surface area contributed by atoms with Crippen LogP contribution in [0.3, 0.4) is 0 Å². The number of likely N-dealkylation sites (N-methyl/N-ethyl adjacent to an activating group) is 1. The number of nitrogens with one attached hydrogen (secondary N) is 1. The number of aromatic hydroxyl groups is 2. The molecule has 1 aliphatic heterocycles. The maximum Gasteiger partial charge on any atom is 0.202 e. The van der Waals surface area contributed by atoms with Crippen LogP contribution in [0.15, 0.2) is 18.2 Å². The molecule has 1 fully saturated rings. The third kappa shape index (κ3) is 4.30. The number of carbonyl (C=O) groups excluding carboxylic acids is 3. The van der Waals surface area contributed by atoms with Crippen molar-refractivity contribution in [2.75, 3.05) is 20.7 Å². The van der Waals surface area contributed by atoms with Gasteiger partial charge in [0.25, 0.3) is 0 Å². The summed E-state index contributed by atoms with van der Waals surface area (Å²) in [6.07, 6.45) is -3.42. The quantitative estimate of drug-likeness (QED) is 0.285. The maximum atomic E-state index is 13.7. The Morgan fingerprint density at radius 3 is 2.51 bits per heavy atom. The van der Waals surface area contributed by atoms with Crippen molar-refractivity contribution in [2.24, 2.45) is 0 Å². The van der Waals surface area contributed by atoms with Gasteiger partial charge in [-0.3, -0.25) is 14.4 Å². The van der Waals surface area contributed by atoms with Crippen LogP contribution >= 0.6 is 0 Å². The van der Waals surface area contributed by atoms with Gasteiger partial charge in [0.15, 0.2) is 17.9 Å². The Kier molecular flexibility index (Phi) is 6.98. The molecule has 5 N–H and O–H groups in total. The summed E-state index contributed by atoms with van der Waals surface area (Å²) in [7, 11) is 3.06. The lowest BCUT2D eigenvalue weighted by atomic mass is 9.72. The Bertz CT molecular complexity index is 1370. The van der Waals surface area contributed by atoms with Gasteiger partial charge in [-0.25, -0.2) is 0 Å². The topological polar surface area (TPSA) is 172 Å². The van der Waals surface area contributed by atoms with E-state index in [4.69, 9.17) is 14.2 Å². The van der Waals surface area contributed by atoms with E-state index < -0.39 is 76.6 Å². The SMILES string of the molecule is CNCC1O[C@@H](O[C@H]2C[C@](O)(C(C)=O)Cc3c(O)c4c(c(O)c32)C(=O)c2c(OC)cccc2C4=O)CC[C@H]1O. The maximum absolute atomic E-state index is 13.7. The van der Waals surface area contributed by atoms with Gasteiger partial charge >= 0.3 is 0 Å². The fraction of sp³-hybridized carbons (Fsp3) is 0.464. The number of rotatable bonds is 6. The van der Waals surface area contributed by atoms with Crippen LogP contribution in [-0.2, 0) is 20.7 Å². The molecule has 208 valence electrons. The molecule has 1 heterocycles. The summed E-state index contributed by atoms with van der Waals surface area (Å²) in [5, 5.41) is 47.3. The van der Waals surface area contributed by atoms with E-state index in [1.165, 1.54) is 32.2 Å². The summed E-state index contributed by atoms with van der Waals surface area (Å²) in [4.78, 5) is 39.7. The average molecular weight is 542 g/mol. The van der Waals surface area contributed by atoms with Gasteiger partial charge in [0, 0.05) is 42.5 Å². The Morgan fingerprint density at radius 2 is 1.85 bits per heavy atom. The van der Waals surface area contributed by atoms with E-state index in [0.29, 0.717) is 13.0 Å². The number of aliphatic hydroxyl groups excluding tert-OH is 1. The van der Waals surface area contributed by atoms with Crippen molar-refractivity contribution in [3.63, 3.8) is 0 Å². The fourth-order valence-electron chi connectivity index (χ4n) is 5.82. The third-order valence-corrected chi connectivity index (χ3v) is 7.91. The Labute approximate surface area is 224 Å². The van der Waals surface area contributed by atoms with Crippen molar-refractivity contribution in [1.82, 2.24) is 5.32 Å². The molecule has 1 unspecified atom stereocenters. The highest BCUT2D eigenvalue weighted by molar-refractivity contribution is 6.31. The standard InChI is InChI=1S/C28H31NO10/c1-12(30)28(36)9-14-21(17(10-28)38-19-8-7-15(31)18(39-19)11-29-2)27(35)23-22(25(14)33)24(32)13-5-4-6-16(37-3)20(13)26(23)34/h4-6,15,17-19,29,31,33,35-36H,7-11H2,1-3H3/t15-,17+,18?,19-,28+/m1/s1. The van der Waals surface area contributed by atoms with Gasteiger partial charge in [0.1, 0.15) is 22.8 Å². The minimum atomic E-state index is -1.97. The summed E-state index contributed by atoms with van der Waals surface area (Å²) in [6.45, 7) is 1.54. The molecule has 0 spiro atoms. The lowest BCUT2D eigenvalue weighted by molar-refractivity contribution is -0.245. The highest BCUT2D eigenvalue weighted by Crippen LogP contribution is 2.52. The largest absolute Gasteiger partial charge is 0.507 e. The second-order valence-corrected chi connectivity index (χ2v) is 10.3. The van der Waals surface area contributed by atoms with Crippen LogP contribution in [0.2, 0.25) is 0 Å². The van der Waals surface area contributed by atoms with Crippen molar-refractivity contribution >= 4 is 17.3 Å². The van der Waals surface area contributed by atoms with Crippen molar-refractivity contribution in [3.05, 3.63) is 51.6 Å². The Balaban J connectivity index is 1.65. The number of ketones is 3. The van der Waals surface area contributed by atoms with E-state index in [2.05, 4.69) is 5.32 Å². The van der Waals surface area contributed by atoms with Gasteiger partial charge in [0.2, 0.25) is 5.78 Å². The summed E-state index contributed by atoms with van der Waals surface area (Å²) >= 11 is 0. The van der Waals surface area contributed by atoms with Crippen molar-refractivity contribution in [3.8, 4) is 17.2 Å². The van der Waals surface area contributed by atoms with Crippen LogP contribution in [0, 0.1) is 0 Å².